The second-order valence-electron chi connectivity index (χ2n) is 5.68. The molecule has 8 heteroatoms. The Morgan fingerprint density at radius 3 is 2.38 bits per heavy atom. The van der Waals surface area contributed by atoms with E-state index in [9.17, 15) is 9.59 Å². The topological polar surface area (TPSA) is 79.5 Å². The van der Waals surface area contributed by atoms with Crippen LogP contribution in [0.4, 0.5) is 17.1 Å². The summed E-state index contributed by atoms with van der Waals surface area (Å²) in [5, 5.41) is 7.48. The van der Waals surface area contributed by atoms with Gasteiger partial charge in [-0.15, -0.1) is 11.3 Å². The standard InChI is InChI=1S/C13H12N2O2S2.C8H11NO/c1-18-15-11-4-2-3-10(6-11)14-13(17)12-5-9(7-16)8-19-12;1-9-7-3-5-8(10-2)6-4-7/h2-8,15H,1H3,(H,14,17);3-6,9H,1-2H3. The second kappa shape index (κ2) is 11.8. The molecule has 0 aliphatic rings. The van der Waals surface area contributed by atoms with Crippen molar-refractivity contribution in [2.24, 2.45) is 0 Å². The van der Waals surface area contributed by atoms with Crippen molar-refractivity contribution < 1.29 is 14.3 Å². The molecule has 3 N–H and O–H groups in total. The minimum Gasteiger partial charge on any atom is -0.497 e. The third kappa shape index (κ3) is 7.17. The molecule has 1 aromatic heterocycles. The van der Waals surface area contributed by atoms with Gasteiger partial charge >= 0.3 is 0 Å². The van der Waals surface area contributed by atoms with E-state index in [4.69, 9.17) is 4.74 Å². The third-order valence-corrected chi connectivity index (χ3v) is 5.09. The Labute approximate surface area is 178 Å². The Balaban J connectivity index is 0.000000253. The van der Waals surface area contributed by atoms with Crippen molar-refractivity contribution in [2.75, 3.05) is 35.8 Å². The molecule has 0 aliphatic carbocycles. The highest BCUT2D eigenvalue weighted by Crippen LogP contribution is 2.20. The van der Waals surface area contributed by atoms with E-state index in [0.29, 0.717) is 16.1 Å². The molecule has 3 aromatic rings. The summed E-state index contributed by atoms with van der Waals surface area (Å²) in [7, 11) is 3.55. The van der Waals surface area contributed by atoms with Crippen molar-refractivity contribution in [3.8, 4) is 5.75 Å². The molecule has 0 bridgehead atoms. The maximum absolute atomic E-state index is 12.0. The second-order valence-corrected chi connectivity index (χ2v) is 7.21. The van der Waals surface area contributed by atoms with Gasteiger partial charge in [0.2, 0.25) is 0 Å². The number of ether oxygens (including phenoxy) is 1. The molecule has 0 atom stereocenters. The molecule has 0 saturated heterocycles. The fourth-order valence-corrected chi connectivity index (χ4v) is 3.37. The SMILES string of the molecule is CNc1ccc(OC)cc1.CSNc1cccc(NC(=O)c2cc(C=O)cs2)c1. The predicted octanol–water partition coefficient (Wildman–Crippen LogP) is 5.24. The molecule has 1 amide bonds. The van der Waals surface area contributed by atoms with Crippen molar-refractivity contribution in [3.63, 3.8) is 0 Å². The van der Waals surface area contributed by atoms with Gasteiger partial charge in [-0.25, -0.2) is 0 Å². The number of amides is 1. The number of hydrogen-bond acceptors (Lipinski definition) is 7. The van der Waals surface area contributed by atoms with Crippen LogP contribution in [0.5, 0.6) is 5.75 Å². The Morgan fingerprint density at radius 2 is 1.79 bits per heavy atom. The summed E-state index contributed by atoms with van der Waals surface area (Å²) in [6, 6.07) is 16.8. The zero-order valence-corrected chi connectivity index (χ0v) is 18.0. The number of anilines is 3. The molecule has 3 rings (SSSR count). The van der Waals surface area contributed by atoms with Crippen LogP contribution in [0.15, 0.2) is 60.0 Å². The average Bonchev–Trinajstić information content (AvgIpc) is 3.24. The van der Waals surface area contributed by atoms with Gasteiger partial charge in [-0.2, -0.15) is 0 Å². The Kier molecular flexibility index (Phi) is 9.07. The molecule has 2 aromatic carbocycles. The van der Waals surface area contributed by atoms with Gasteiger partial charge in [0, 0.05) is 41.3 Å². The number of carbonyl (C=O) groups excluding carboxylic acids is 2. The molecule has 0 spiro atoms. The Morgan fingerprint density at radius 1 is 1.07 bits per heavy atom. The van der Waals surface area contributed by atoms with Gasteiger partial charge in [-0.1, -0.05) is 18.0 Å². The third-order valence-electron chi connectivity index (χ3n) is 3.70. The minimum atomic E-state index is -0.209. The first kappa shape index (κ1) is 22.3. The highest BCUT2D eigenvalue weighted by molar-refractivity contribution is 7.99. The lowest BCUT2D eigenvalue weighted by molar-refractivity contribution is 0.103. The Hall–Kier alpha value is -2.97. The number of rotatable bonds is 7. The maximum Gasteiger partial charge on any atom is 0.265 e. The first-order valence-electron chi connectivity index (χ1n) is 8.65. The quantitative estimate of drug-likeness (QED) is 0.352. The van der Waals surface area contributed by atoms with Crippen molar-refractivity contribution in [3.05, 3.63) is 70.4 Å². The fraction of sp³-hybridized carbons (Fsp3) is 0.143. The first-order valence-corrected chi connectivity index (χ1v) is 10.8. The van der Waals surface area contributed by atoms with Gasteiger partial charge in [0.05, 0.1) is 12.0 Å². The van der Waals surface area contributed by atoms with Gasteiger partial charge in [0.15, 0.2) is 6.29 Å². The predicted molar refractivity (Wildman–Crippen MR) is 124 cm³/mol. The molecule has 1 heterocycles. The summed E-state index contributed by atoms with van der Waals surface area (Å²) in [5.74, 6) is 0.679. The van der Waals surface area contributed by atoms with E-state index in [1.165, 1.54) is 23.3 Å². The van der Waals surface area contributed by atoms with Gasteiger partial charge in [-0.3, -0.25) is 9.59 Å². The van der Waals surface area contributed by atoms with Crippen molar-refractivity contribution >= 4 is 52.5 Å². The molecular weight excluding hydrogens is 406 g/mol. The molecule has 6 nitrogen and oxygen atoms in total. The molecule has 0 unspecified atom stereocenters. The van der Waals surface area contributed by atoms with Crippen LogP contribution >= 0.6 is 23.3 Å². The monoisotopic (exact) mass is 429 g/mol. The molecule has 29 heavy (non-hydrogen) atoms. The maximum atomic E-state index is 12.0. The van der Waals surface area contributed by atoms with Crippen LogP contribution in [0.25, 0.3) is 0 Å². The van der Waals surface area contributed by atoms with Crippen LogP contribution in [-0.4, -0.2) is 32.6 Å². The minimum absolute atomic E-state index is 0.209. The summed E-state index contributed by atoms with van der Waals surface area (Å²) in [6.45, 7) is 0. The summed E-state index contributed by atoms with van der Waals surface area (Å²) >= 11 is 2.74. The van der Waals surface area contributed by atoms with E-state index in [-0.39, 0.29) is 5.91 Å². The van der Waals surface area contributed by atoms with Crippen LogP contribution in [0.1, 0.15) is 20.0 Å². The van der Waals surface area contributed by atoms with Crippen LogP contribution in [-0.2, 0) is 0 Å². The van der Waals surface area contributed by atoms with E-state index in [1.54, 1.807) is 18.6 Å². The number of benzene rings is 2. The van der Waals surface area contributed by atoms with Crippen molar-refractivity contribution in [1.82, 2.24) is 0 Å². The van der Waals surface area contributed by atoms with E-state index in [1.807, 2.05) is 61.8 Å². The van der Waals surface area contributed by atoms with E-state index >= 15 is 0 Å². The van der Waals surface area contributed by atoms with E-state index in [2.05, 4.69) is 15.4 Å². The molecule has 152 valence electrons. The Bertz CT molecular complexity index is 904. The highest BCUT2D eigenvalue weighted by atomic mass is 32.2. The van der Waals surface area contributed by atoms with E-state index in [0.717, 1.165) is 23.4 Å². The number of thiophene rings is 1. The number of nitrogens with one attached hydrogen (secondary N) is 3. The number of hydrogen-bond donors (Lipinski definition) is 3. The smallest absolute Gasteiger partial charge is 0.265 e. The zero-order chi connectivity index (χ0) is 21.1. The number of methoxy groups -OCH3 is 1. The van der Waals surface area contributed by atoms with Gasteiger partial charge in [0.25, 0.3) is 5.91 Å². The fourth-order valence-electron chi connectivity index (χ4n) is 2.26. The summed E-state index contributed by atoms with van der Waals surface area (Å²) in [4.78, 5) is 23.1. The van der Waals surface area contributed by atoms with Crippen LogP contribution in [0.2, 0.25) is 0 Å². The van der Waals surface area contributed by atoms with E-state index < -0.39 is 0 Å². The molecule has 0 saturated carbocycles. The number of aldehydes is 1. The lowest BCUT2D eigenvalue weighted by atomic mass is 10.2. The zero-order valence-electron chi connectivity index (χ0n) is 16.4. The lowest BCUT2D eigenvalue weighted by Gasteiger charge is -2.06. The van der Waals surface area contributed by atoms with Crippen molar-refractivity contribution in [2.45, 2.75) is 0 Å². The molecule has 0 fully saturated rings. The van der Waals surface area contributed by atoms with Crippen LogP contribution < -0.4 is 20.1 Å². The highest BCUT2D eigenvalue weighted by Gasteiger charge is 2.09. The summed E-state index contributed by atoms with van der Waals surface area (Å²) in [5.41, 5.74) is 3.25. The lowest BCUT2D eigenvalue weighted by Crippen LogP contribution is -2.10. The van der Waals surface area contributed by atoms with Crippen LogP contribution in [0.3, 0.4) is 0 Å². The van der Waals surface area contributed by atoms with Gasteiger partial charge in [0.1, 0.15) is 5.75 Å². The summed E-state index contributed by atoms with van der Waals surface area (Å²) in [6.07, 6.45) is 2.66. The normalized spacial score (nSPS) is 9.62. The molecule has 0 aliphatic heterocycles. The summed E-state index contributed by atoms with van der Waals surface area (Å²) < 4.78 is 8.08. The molecule has 0 radical (unpaired) electrons. The number of carbonyl (C=O) groups is 2. The van der Waals surface area contributed by atoms with Crippen LogP contribution in [0, 0.1) is 0 Å². The molecular formula is C21H23N3O3S2. The average molecular weight is 430 g/mol. The van der Waals surface area contributed by atoms with Crippen molar-refractivity contribution in [1.29, 1.82) is 0 Å². The van der Waals surface area contributed by atoms with Gasteiger partial charge in [-0.05, 0) is 48.5 Å². The largest absolute Gasteiger partial charge is 0.497 e. The first-order chi connectivity index (χ1) is 14.1. The van der Waals surface area contributed by atoms with Gasteiger partial charge < -0.3 is 20.1 Å².